The summed E-state index contributed by atoms with van der Waals surface area (Å²) in [5.74, 6) is -1.82. The summed E-state index contributed by atoms with van der Waals surface area (Å²) in [5, 5.41) is 8.55. The highest BCUT2D eigenvalue weighted by Crippen LogP contribution is 2.30. The fourth-order valence-corrected chi connectivity index (χ4v) is 1.30. The Morgan fingerprint density at radius 1 is 1.44 bits per heavy atom. The van der Waals surface area contributed by atoms with Crippen LogP contribution in [0.5, 0.6) is 5.75 Å². The van der Waals surface area contributed by atoms with E-state index in [4.69, 9.17) is 16.7 Å². The number of rotatable bonds is 5. The van der Waals surface area contributed by atoms with Gasteiger partial charge in [0, 0.05) is 5.02 Å². The molecule has 0 heterocycles. The largest absolute Gasteiger partial charge is 0.481 e. The van der Waals surface area contributed by atoms with Crippen molar-refractivity contribution in [3.63, 3.8) is 0 Å². The fourth-order valence-electron chi connectivity index (χ4n) is 1.11. The summed E-state index contributed by atoms with van der Waals surface area (Å²) in [5.41, 5.74) is -0.00765. The third kappa shape index (κ3) is 3.76. The molecule has 0 bridgehead atoms. The first-order valence-corrected chi connectivity index (χ1v) is 4.95. The summed E-state index contributed by atoms with van der Waals surface area (Å²) in [7, 11) is 0. The summed E-state index contributed by atoms with van der Waals surface area (Å²) < 4.78 is 52.8. The molecule has 0 radical (unpaired) electrons. The number of hydrogen-bond acceptors (Lipinski definition) is 2. The number of carbonyl (C=O) groups is 1. The molecule has 0 saturated heterocycles. The number of alkyl halides is 4. The quantitative estimate of drug-likeness (QED) is 0.846. The topological polar surface area (TPSA) is 46.5 Å². The van der Waals surface area contributed by atoms with E-state index < -0.39 is 30.7 Å². The van der Waals surface area contributed by atoms with Crippen molar-refractivity contribution in [2.24, 2.45) is 0 Å². The second kappa shape index (κ2) is 5.43. The van der Waals surface area contributed by atoms with E-state index in [9.17, 15) is 22.4 Å². The van der Waals surface area contributed by atoms with Crippen molar-refractivity contribution < 1.29 is 32.2 Å². The van der Waals surface area contributed by atoms with Gasteiger partial charge < -0.3 is 9.84 Å². The first kappa shape index (κ1) is 14.6. The van der Waals surface area contributed by atoms with Crippen LogP contribution in [0.4, 0.5) is 17.6 Å². The van der Waals surface area contributed by atoms with Gasteiger partial charge in [-0.05, 0) is 23.8 Å². The zero-order chi connectivity index (χ0) is 13.9. The summed E-state index contributed by atoms with van der Waals surface area (Å²) in [4.78, 5) is 10.5. The molecule has 0 fully saturated rings. The van der Waals surface area contributed by atoms with Gasteiger partial charge in [-0.15, -0.1) is 0 Å². The van der Waals surface area contributed by atoms with Gasteiger partial charge in [-0.1, -0.05) is 11.6 Å². The lowest BCUT2D eigenvalue weighted by molar-refractivity contribution is -0.253. The summed E-state index contributed by atoms with van der Waals surface area (Å²) in [6, 6.07) is 2.92. The molecule has 1 N–H and O–H groups in total. The van der Waals surface area contributed by atoms with Crippen LogP contribution in [0.15, 0.2) is 18.2 Å². The molecule has 1 aromatic carbocycles. The molecule has 1 rings (SSSR count). The van der Waals surface area contributed by atoms with Gasteiger partial charge in [0.1, 0.15) is 5.75 Å². The Morgan fingerprint density at radius 2 is 2.06 bits per heavy atom. The second-order valence-corrected chi connectivity index (χ2v) is 3.70. The lowest BCUT2D eigenvalue weighted by Crippen LogP contribution is -2.33. The number of aliphatic carboxylic acids is 1. The minimum absolute atomic E-state index is 0.00765. The van der Waals surface area contributed by atoms with Gasteiger partial charge in [0.2, 0.25) is 0 Å². The number of benzene rings is 1. The van der Waals surface area contributed by atoms with Crippen LogP contribution in [0.3, 0.4) is 0 Å². The van der Waals surface area contributed by atoms with Gasteiger partial charge in [-0.3, -0.25) is 4.79 Å². The molecule has 0 aliphatic carbocycles. The summed E-state index contributed by atoms with van der Waals surface area (Å²) >= 11 is 5.62. The zero-order valence-electron chi connectivity index (χ0n) is 8.67. The van der Waals surface area contributed by atoms with Crippen LogP contribution in [0, 0.1) is 0 Å². The summed E-state index contributed by atoms with van der Waals surface area (Å²) in [6.45, 7) is 0. The standard InChI is InChI=1S/C10H7ClF4O3/c11-7-2-1-6(3-5(7)4-8(16)17)18-10(14,15)9(12)13/h1-3,9H,4H2,(H,16,17). The number of hydrogen-bond donors (Lipinski definition) is 1. The highest BCUT2D eigenvalue weighted by molar-refractivity contribution is 6.31. The van der Waals surface area contributed by atoms with Crippen molar-refractivity contribution in [2.45, 2.75) is 19.0 Å². The molecule has 8 heteroatoms. The molecule has 0 aromatic heterocycles. The molecule has 0 aliphatic rings. The average molecular weight is 287 g/mol. The van der Waals surface area contributed by atoms with Crippen LogP contribution in [0.2, 0.25) is 5.02 Å². The highest BCUT2D eigenvalue weighted by Gasteiger charge is 2.44. The Labute approximate surface area is 104 Å². The molecule has 100 valence electrons. The Kier molecular flexibility index (Phi) is 4.39. The van der Waals surface area contributed by atoms with Gasteiger partial charge in [0.25, 0.3) is 0 Å². The predicted molar refractivity (Wildman–Crippen MR) is 54.4 cm³/mol. The lowest BCUT2D eigenvalue weighted by Gasteiger charge is -2.17. The highest BCUT2D eigenvalue weighted by atomic mass is 35.5. The van der Waals surface area contributed by atoms with Crippen LogP contribution < -0.4 is 4.74 Å². The van der Waals surface area contributed by atoms with Gasteiger partial charge >= 0.3 is 18.5 Å². The van der Waals surface area contributed by atoms with Gasteiger partial charge in [-0.25, -0.2) is 0 Å². The molecule has 0 spiro atoms. The fraction of sp³-hybridized carbons (Fsp3) is 0.300. The van der Waals surface area contributed by atoms with Gasteiger partial charge in [0.05, 0.1) is 6.42 Å². The maximum Gasteiger partial charge on any atom is 0.461 e. The van der Waals surface area contributed by atoms with E-state index in [0.717, 1.165) is 18.2 Å². The Hall–Kier alpha value is -1.50. The number of halogens is 5. The number of carboxylic acid groups (broad SMARTS) is 1. The van der Waals surface area contributed by atoms with Crippen LogP contribution in [0.1, 0.15) is 5.56 Å². The minimum Gasteiger partial charge on any atom is -0.481 e. The minimum atomic E-state index is -4.64. The first-order chi connectivity index (χ1) is 8.22. The first-order valence-electron chi connectivity index (χ1n) is 4.57. The zero-order valence-corrected chi connectivity index (χ0v) is 9.43. The average Bonchev–Trinajstić information content (AvgIpc) is 2.21. The van der Waals surface area contributed by atoms with Crippen molar-refractivity contribution in [1.29, 1.82) is 0 Å². The van der Waals surface area contributed by atoms with Crippen LogP contribution in [-0.2, 0) is 11.2 Å². The van der Waals surface area contributed by atoms with Crippen molar-refractivity contribution in [3.05, 3.63) is 28.8 Å². The van der Waals surface area contributed by atoms with E-state index in [1.165, 1.54) is 0 Å². The van der Waals surface area contributed by atoms with Crippen molar-refractivity contribution in [2.75, 3.05) is 0 Å². The lowest BCUT2D eigenvalue weighted by atomic mass is 10.1. The molecule has 0 atom stereocenters. The van der Waals surface area contributed by atoms with E-state index in [1.54, 1.807) is 0 Å². The summed E-state index contributed by atoms with van der Waals surface area (Å²) in [6.07, 6.45) is -9.17. The normalized spacial score (nSPS) is 11.7. The molecule has 0 unspecified atom stereocenters. The van der Waals surface area contributed by atoms with E-state index in [2.05, 4.69) is 4.74 Å². The van der Waals surface area contributed by atoms with Gasteiger partial charge in [-0.2, -0.15) is 17.6 Å². The van der Waals surface area contributed by atoms with E-state index >= 15 is 0 Å². The maximum atomic E-state index is 12.6. The van der Waals surface area contributed by atoms with Crippen LogP contribution in [0.25, 0.3) is 0 Å². The smallest absolute Gasteiger partial charge is 0.461 e. The van der Waals surface area contributed by atoms with Gasteiger partial charge in [0.15, 0.2) is 0 Å². The predicted octanol–water partition coefficient (Wildman–Crippen LogP) is 3.20. The molecule has 18 heavy (non-hydrogen) atoms. The van der Waals surface area contributed by atoms with Crippen molar-refractivity contribution >= 4 is 17.6 Å². The molecule has 0 saturated carbocycles. The molecule has 3 nitrogen and oxygen atoms in total. The monoisotopic (exact) mass is 286 g/mol. The van der Waals surface area contributed by atoms with E-state index in [0.29, 0.717) is 0 Å². The number of carboxylic acids is 1. The van der Waals surface area contributed by atoms with Crippen molar-refractivity contribution in [3.8, 4) is 5.75 Å². The van der Waals surface area contributed by atoms with E-state index in [-0.39, 0.29) is 10.6 Å². The third-order valence-corrected chi connectivity index (χ3v) is 2.24. The molecule has 0 aliphatic heterocycles. The second-order valence-electron chi connectivity index (χ2n) is 3.29. The molecular weight excluding hydrogens is 280 g/mol. The SMILES string of the molecule is O=C(O)Cc1cc(OC(F)(F)C(F)F)ccc1Cl. The third-order valence-electron chi connectivity index (χ3n) is 1.87. The Balaban J connectivity index is 2.95. The Morgan fingerprint density at radius 3 is 2.56 bits per heavy atom. The molecular formula is C10H7ClF4O3. The van der Waals surface area contributed by atoms with E-state index in [1.807, 2.05) is 0 Å². The van der Waals surface area contributed by atoms with Crippen molar-refractivity contribution in [1.82, 2.24) is 0 Å². The van der Waals surface area contributed by atoms with Crippen LogP contribution in [-0.4, -0.2) is 23.6 Å². The number of ether oxygens (including phenoxy) is 1. The Bertz CT molecular complexity index is 451. The molecule has 0 amide bonds. The van der Waals surface area contributed by atoms with Crippen LogP contribution >= 0.6 is 11.6 Å². The maximum absolute atomic E-state index is 12.6. The molecule has 1 aromatic rings.